The molecule has 1 aromatic rings. The smallest absolute Gasteiger partial charge is 0.238 e. The van der Waals surface area contributed by atoms with Crippen LogP contribution >= 0.6 is 0 Å². The van der Waals surface area contributed by atoms with Crippen molar-refractivity contribution in [3.63, 3.8) is 0 Å². The molecular formula is C22H30O3Si. The van der Waals surface area contributed by atoms with E-state index in [0.29, 0.717) is 27.9 Å². The molecule has 0 saturated heterocycles. The molecule has 0 spiro atoms. The van der Waals surface area contributed by atoms with Gasteiger partial charge in [0.05, 0.1) is 12.7 Å². The van der Waals surface area contributed by atoms with Crippen LogP contribution in [-0.4, -0.2) is 26.8 Å². The predicted molar refractivity (Wildman–Crippen MR) is 110 cm³/mol. The highest BCUT2D eigenvalue weighted by atomic mass is 28.3. The topological polar surface area (TPSA) is 43.4 Å². The van der Waals surface area contributed by atoms with Gasteiger partial charge in [-0.15, -0.1) is 5.54 Å². The van der Waals surface area contributed by atoms with Crippen molar-refractivity contribution in [2.45, 2.75) is 58.2 Å². The fraction of sp³-hybridized carbons (Fsp3) is 0.455. The molecule has 0 aliphatic rings. The second-order valence-electron chi connectivity index (χ2n) is 7.51. The first kappa shape index (κ1) is 21.9. The standard InChI is InChI=1S/C22H30O3Si/c1-15(2)26(16(3)4,17(5)6)14-13-21(23)18(7)22(24)19-9-11-20(25-8)12-10-19/h9-12,15-17H,7H2,1-6,8H3. The average Bonchev–Trinajstić information content (AvgIpc) is 2.59. The number of Topliss-reactive ketones (excluding diaryl/α,β-unsaturated/α-hetero) is 2. The molecule has 0 bridgehead atoms. The minimum atomic E-state index is -2.01. The molecule has 0 atom stereocenters. The summed E-state index contributed by atoms with van der Waals surface area (Å²) in [7, 11) is -0.455. The molecule has 3 nitrogen and oxygen atoms in total. The largest absolute Gasteiger partial charge is 0.497 e. The number of carbonyl (C=O) groups is 2. The summed E-state index contributed by atoms with van der Waals surface area (Å²) in [5.41, 5.74) is 4.94. The molecule has 0 unspecified atom stereocenters. The fourth-order valence-corrected chi connectivity index (χ4v) is 8.89. The van der Waals surface area contributed by atoms with E-state index in [1.54, 1.807) is 31.4 Å². The van der Waals surface area contributed by atoms with E-state index in [-0.39, 0.29) is 5.57 Å². The molecule has 0 aliphatic heterocycles. The lowest BCUT2D eigenvalue weighted by Crippen LogP contribution is -2.43. The van der Waals surface area contributed by atoms with Crippen LogP contribution < -0.4 is 4.74 Å². The van der Waals surface area contributed by atoms with Gasteiger partial charge in [-0.2, -0.15) is 0 Å². The van der Waals surface area contributed by atoms with Gasteiger partial charge in [0.2, 0.25) is 5.78 Å². The minimum absolute atomic E-state index is 0.0816. The normalized spacial score (nSPS) is 11.3. The maximum atomic E-state index is 12.5. The highest BCUT2D eigenvalue weighted by Gasteiger charge is 2.41. The van der Waals surface area contributed by atoms with E-state index in [2.05, 4.69) is 59.6 Å². The number of hydrogen-bond acceptors (Lipinski definition) is 3. The number of carbonyl (C=O) groups excluding carboxylic acids is 2. The number of methoxy groups -OCH3 is 1. The zero-order valence-electron chi connectivity index (χ0n) is 17.0. The second kappa shape index (κ2) is 9.00. The van der Waals surface area contributed by atoms with Crippen LogP contribution in [0, 0.1) is 11.5 Å². The number of allylic oxidation sites excluding steroid dienone is 1. The van der Waals surface area contributed by atoms with E-state index in [1.807, 2.05) is 0 Å². The van der Waals surface area contributed by atoms with Crippen molar-refractivity contribution in [2.24, 2.45) is 0 Å². The summed E-state index contributed by atoms with van der Waals surface area (Å²) >= 11 is 0. The molecule has 0 aliphatic carbocycles. The van der Waals surface area contributed by atoms with Gasteiger partial charge in [-0.05, 0) is 46.8 Å². The minimum Gasteiger partial charge on any atom is -0.497 e. The summed E-state index contributed by atoms with van der Waals surface area (Å²) in [6.07, 6.45) is 0. The van der Waals surface area contributed by atoms with Crippen LogP contribution in [0.5, 0.6) is 5.75 Å². The number of ether oxygens (including phenoxy) is 1. The summed E-state index contributed by atoms with van der Waals surface area (Å²) in [5, 5.41) is 0. The van der Waals surface area contributed by atoms with E-state index in [1.165, 1.54) is 0 Å². The van der Waals surface area contributed by atoms with Crippen molar-refractivity contribution < 1.29 is 14.3 Å². The maximum absolute atomic E-state index is 12.5. The van der Waals surface area contributed by atoms with Gasteiger partial charge < -0.3 is 4.74 Å². The summed E-state index contributed by atoms with van der Waals surface area (Å²) in [6.45, 7) is 16.8. The molecule has 140 valence electrons. The molecule has 1 rings (SSSR count). The quantitative estimate of drug-likeness (QED) is 0.165. The highest BCUT2D eigenvalue weighted by Crippen LogP contribution is 2.40. The molecule has 0 radical (unpaired) electrons. The van der Waals surface area contributed by atoms with Gasteiger partial charge in [0.1, 0.15) is 13.8 Å². The Hall–Kier alpha value is -2.12. The molecule has 0 fully saturated rings. The SMILES string of the molecule is C=C(C(=O)C#C[Si](C(C)C)(C(C)C)C(C)C)C(=O)c1ccc(OC)cc1. The molecular weight excluding hydrogens is 340 g/mol. The average molecular weight is 371 g/mol. The predicted octanol–water partition coefficient (Wildman–Crippen LogP) is 5.22. The van der Waals surface area contributed by atoms with Gasteiger partial charge in [0, 0.05) is 5.56 Å². The molecule has 0 heterocycles. The summed E-state index contributed by atoms with van der Waals surface area (Å²) in [4.78, 5) is 25.0. The Morgan fingerprint density at radius 3 is 1.81 bits per heavy atom. The summed E-state index contributed by atoms with van der Waals surface area (Å²) in [6, 6.07) is 6.63. The van der Waals surface area contributed by atoms with Crippen LogP contribution in [0.25, 0.3) is 0 Å². The molecule has 4 heteroatoms. The first-order valence-electron chi connectivity index (χ1n) is 9.03. The van der Waals surface area contributed by atoms with Crippen LogP contribution in [0.2, 0.25) is 16.6 Å². The Labute approximate surface area is 158 Å². The van der Waals surface area contributed by atoms with Crippen LogP contribution in [0.3, 0.4) is 0 Å². The lowest BCUT2D eigenvalue weighted by atomic mass is 10.0. The first-order valence-corrected chi connectivity index (χ1v) is 11.3. The molecule has 0 amide bonds. The van der Waals surface area contributed by atoms with Gasteiger partial charge in [-0.1, -0.05) is 48.1 Å². The molecule has 1 aromatic carbocycles. The molecule has 0 saturated carbocycles. The van der Waals surface area contributed by atoms with Crippen molar-refractivity contribution in [3.8, 4) is 17.2 Å². The Balaban J connectivity index is 3.10. The van der Waals surface area contributed by atoms with Crippen molar-refractivity contribution in [1.82, 2.24) is 0 Å². The Morgan fingerprint density at radius 2 is 1.42 bits per heavy atom. The first-order chi connectivity index (χ1) is 12.1. The monoisotopic (exact) mass is 370 g/mol. The van der Waals surface area contributed by atoms with Crippen LogP contribution in [0.4, 0.5) is 0 Å². The van der Waals surface area contributed by atoms with Gasteiger partial charge >= 0.3 is 0 Å². The number of hydrogen-bond donors (Lipinski definition) is 0. The van der Waals surface area contributed by atoms with E-state index in [9.17, 15) is 9.59 Å². The second-order valence-corrected chi connectivity index (χ2v) is 13.1. The summed E-state index contributed by atoms with van der Waals surface area (Å²) < 4.78 is 5.08. The molecule has 0 N–H and O–H groups in total. The summed E-state index contributed by atoms with van der Waals surface area (Å²) in [5.74, 6) is 2.55. The zero-order valence-corrected chi connectivity index (χ0v) is 18.0. The lowest BCUT2D eigenvalue weighted by Gasteiger charge is -2.37. The molecule has 0 aromatic heterocycles. The number of ketones is 2. The van der Waals surface area contributed by atoms with Gasteiger partial charge in [-0.3, -0.25) is 9.59 Å². The van der Waals surface area contributed by atoms with Crippen LogP contribution in [-0.2, 0) is 4.79 Å². The Bertz CT molecular complexity index is 709. The van der Waals surface area contributed by atoms with E-state index in [4.69, 9.17) is 4.74 Å². The molecule has 26 heavy (non-hydrogen) atoms. The lowest BCUT2D eigenvalue weighted by molar-refractivity contribution is -0.110. The zero-order chi connectivity index (χ0) is 20.1. The van der Waals surface area contributed by atoms with Crippen molar-refractivity contribution in [1.29, 1.82) is 0 Å². The Morgan fingerprint density at radius 1 is 0.962 bits per heavy atom. The number of rotatable bonds is 7. The number of benzene rings is 1. The van der Waals surface area contributed by atoms with Crippen molar-refractivity contribution in [3.05, 3.63) is 42.0 Å². The van der Waals surface area contributed by atoms with Crippen LogP contribution in [0.15, 0.2) is 36.4 Å². The van der Waals surface area contributed by atoms with Crippen LogP contribution in [0.1, 0.15) is 51.9 Å². The van der Waals surface area contributed by atoms with Gasteiger partial charge in [0.15, 0.2) is 5.78 Å². The third kappa shape index (κ3) is 4.53. The van der Waals surface area contributed by atoms with E-state index in [0.717, 1.165) is 0 Å². The highest BCUT2D eigenvalue weighted by molar-refractivity contribution is 6.90. The van der Waals surface area contributed by atoms with Gasteiger partial charge in [-0.25, -0.2) is 0 Å². The maximum Gasteiger partial charge on any atom is 0.238 e. The fourth-order valence-electron chi connectivity index (χ4n) is 3.69. The van der Waals surface area contributed by atoms with E-state index >= 15 is 0 Å². The van der Waals surface area contributed by atoms with E-state index < -0.39 is 19.6 Å². The third-order valence-electron chi connectivity index (χ3n) is 5.16. The van der Waals surface area contributed by atoms with Crippen molar-refractivity contribution >= 4 is 19.6 Å². The Kier molecular flexibility index (Phi) is 7.59. The third-order valence-corrected chi connectivity index (χ3v) is 11.4. The van der Waals surface area contributed by atoms with Gasteiger partial charge in [0.25, 0.3) is 0 Å². The van der Waals surface area contributed by atoms with Crippen molar-refractivity contribution in [2.75, 3.05) is 7.11 Å².